The molecule has 0 fully saturated rings. The molecular formula is C13H22N2. The number of allylic oxidation sites excluding steroid dienone is 4. The highest BCUT2D eigenvalue weighted by Crippen LogP contribution is 2.19. The van der Waals surface area contributed by atoms with Crippen molar-refractivity contribution in [2.75, 3.05) is 7.05 Å². The lowest BCUT2D eigenvalue weighted by atomic mass is 10.1. The Morgan fingerprint density at radius 3 is 2.27 bits per heavy atom. The van der Waals surface area contributed by atoms with Crippen molar-refractivity contribution in [1.82, 2.24) is 5.01 Å². The van der Waals surface area contributed by atoms with Crippen molar-refractivity contribution in [3.63, 3.8) is 0 Å². The smallest absolute Gasteiger partial charge is 0.0621 e. The number of rotatable bonds is 6. The molecule has 2 heteroatoms. The standard InChI is InChI=1S/C13H22N2/c1-7-11(4)10-13(15(6)14-5)12(8-2)9-3/h8,10H,4-5,7,9H2,1-3,6H3/b12-8-,13-10+. The Morgan fingerprint density at radius 1 is 1.33 bits per heavy atom. The van der Waals surface area contributed by atoms with Crippen molar-refractivity contribution in [3.8, 4) is 0 Å². The van der Waals surface area contributed by atoms with Crippen molar-refractivity contribution >= 4 is 6.72 Å². The Bertz CT molecular complexity index is 285. The Balaban J connectivity index is 5.13. The zero-order valence-electron chi connectivity index (χ0n) is 10.4. The summed E-state index contributed by atoms with van der Waals surface area (Å²) in [6.07, 6.45) is 6.12. The van der Waals surface area contributed by atoms with Crippen LogP contribution in [0.25, 0.3) is 0 Å². The number of likely N-dealkylation sites (N-methyl/N-ethyl adjacent to an activating group) is 1. The first kappa shape index (κ1) is 13.7. The van der Waals surface area contributed by atoms with Crippen LogP contribution in [0.4, 0.5) is 0 Å². The molecule has 84 valence electrons. The van der Waals surface area contributed by atoms with Crippen LogP contribution in [0.3, 0.4) is 0 Å². The third kappa shape index (κ3) is 4.15. The molecule has 0 amide bonds. The molecule has 0 aromatic carbocycles. The first-order valence-corrected chi connectivity index (χ1v) is 5.36. The van der Waals surface area contributed by atoms with Crippen LogP contribution >= 0.6 is 0 Å². The van der Waals surface area contributed by atoms with Crippen molar-refractivity contribution in [1.29, 1.82) is 0 Å². The molecular weight excluding hydrogens is 184 g/mol. The molecule has 0 spiro atoms. The van der Waals surface area contributed by atoms with Gasteiger partial charge in [0.25, 0.3) is 0 Å². The molecule has 0 unspecified atom stereocenters. The summed E-state index contributed by atoms with van der Waals surface area (Å²) >= 11 is 0. The lowest BCUT2D eigenvalue weighted by molar-refractivity contribution is 0.455. The molecule has 0 aliphatic heterocycles. The Labute approximate surface area is 93.7 Å². The second-order valence-corrected chi connectivity index (χ2v) is 3.37. The average molecular weight is 206 g/mol. The summed E-state index contributed by atoms with van der Waals surface area (Å²) in [5, 5.41) is 5.72. The first-order valence-electron chi connectivity index (χ1n) is 5.36. The highest BCUT2D eigenvalue weighted by molar-refractivity contribution is 5.36. The Kier molecular flexibility index (Phi) is 6.43. The van der Waals surface area contributed by atoms with E-state index in [4.69, 9.17) is 0 Å². The van der Waals surface area contributed by atoms with Crippen molar-refractivity contribution < 1.29 is 0 Å². The molecule has 0 aliphatic rings. The predicted molar refractivity (Wildman–Crippen MR) is 68.9 cm³/mol. The second-order valence-electron chi connectivity index (χ2n) is 3.37. The largest absolute Gasteiger partial charge is 0.269 e. The first-order chi connectivity index (χ1) is 7.10. The van der Waals surface area contributed by atoms with Crippen LogP contribution in [0.15, 0.2) is 40.7 Å². The number of hydrazone groups is 1. The molecule has 0 radical (unpaired) electrons. The van der Waals surface area contributed by atoms with E-state index in [1.807, 2.05) is 14.0 Å². The molecule has 0 rings (SSSR count). The SMILES string of the molecule is C=NN(C)C(=C/C(=C)CC)/C(=C\C)CC. The zero-order valence-corrected chi connectivity index (χ0v) is 10.4. The number of hydrogen-bond acceptors (Lipinski definition) is 2. The third-order valence-corrected chi connectivity index (χ3v) is 2.41. The highest BCUT2D eigenvalue weighted by Gasteiger charge is 2.06. The van der Waals surface area contributed by atoms with Crippen LogP contribution in [-0.4, -0.2) is 18.8 Å². The molecule has 0 bridgehead atoms. The van der Waals surface area contributed by atoms with E-state index < -0.39 is 0 Å². The summed E-state index contributed by atoms with van der Waals surface area (Å²) < 4.78 is 0. The van der Waals surface area contributed by atoms with E-state index in [2.05, 4.69) is 44.4 Å². The maximum absolute atomic E-state index is 3.99. The molecule has 0 aliphatic carbocycles. The molecule has 15 heavy (non-hydrogen) atoms. The summed E-state index contributed by atoms with van der Waals surface area (Å²) in [7, 11) is 1.90. The fraction of sp³-hybridized carbons (Fsp3) is 0.462. The minimum absolute atomic E-state index is 0.954. The van der Waals surface area contributed by atoms with Crippen LogP contribution in [0.1, 0.15) is 33.6 Å². The predicted octanol–water partition coefficient (Wildman–Crippen LogP) is 3.74. The minimum Gasteiger partial charge on any atom is -0.269 e. The van der Waals surface area contributed by atoms with Crippen molar-refractivity contribution in [3.05, 3.63) is 35.6 Å². The van der Waals surface area contributed by atoms with E-state index in [-0.39, 0.29) is 0 Å². The lowest BCUT2D eigenvalue weighted by Crippen LogP contribution is -2.12. The van der Waals surface area contributed by atoms with Gasteiger partial charge in [-0.25, -0.2) is 0 Å². The van der Waals surface area contributed by atoms with E-state index in [0.717, 1.165) is 24.1 Å². The van der Waals surface area contributed by atoms with E-state index in [1.165, 1.54) is 5.57 Å². The van der Waals surface area contributed by atoms with Crippen molar-refractivity contribution in [2.24, 2.45) is 5.10 Å². The molecule has 0 N–H and O–H groups in total. The van der Waals surface area contributed by atoms with Crippen LogP contribution in [0.5, 0.6) is 0 Å². The van der Waals surface area contributed by atoms with Crippen molar-refractivity contribution in [2.45, 2.75) is 33.6 Å². The van der Waals surface area contributed by atoms with Gasteiger partial charge < -0.3 is 0 Å². The normalized spacial score (nSPS) is 12.5. The fourth-order valence-electron chi connectivity index (χ4n) is 1.30. The van der Waals surface area contributed by atoms with Gasteiger partial charge in [-0.3, -0.25) is 5.01 Å². The highest BCUT2D eigenvalue weighted by atomic mass is 15.4. The average Bonchev–Trinajstić information content (AvgIpc) is 2.27. The van der Waals surface area contributed by atoms with Gasteiger partial charge in [-0.1, -0.05) is 32.1 Å². The lowest BCUT2D eigenvalue weighted by Gasteiger charge is -2.19. The van der Waals surface area contributed by atoms with Crippen LogP contribution in [0.2, 0.25) is 0 Å². The minimum atomic E-state index is 0.954. The van der Waals surface area contributed by atoms with Crippen LogP contribution in [0, 0.1) is 0 Å². The van der Waals surface area contributed by atoms with Crippen LogP contribution < -0.4 is 0 Å². The van der Waals surface area contributed by atoms with Crippen LogP contribution in [-0.2, 0) is 0 Å². The molecule has 2 nitrogen and oxygen atoms in total. The van der Waals surface area contributed by atoms with E-state index in [9.17, 15) is 0 Å². The van der Waals surface area contributed by atoms with E-state index in [1.54, 1.807) is 5.01 Å². The molecule has 0 atom stereocenters. The second kappa shape index (κ2) is 7.04. The van der Waals surface area contributed by atoms with Gasteiger partial charge in [-0.2, -0.15) is 5.10 Å². The van der Waals surface area contributed by atoms with Gasteiger partial charge in [-0.05, 0) is 31.4 Å². The van der Waals surface area contributed by atoms with Gasteiger partial charge >= 0.3 is 0 Å². The fourth-order valence-corrected chi connectivity index (χ4v) is 1.30. The summed E-state index contributed by atoms with van der Waals surface area (Å²) in [6, 6.07) is 0. The third-order valence-electron chi connectivity index (χ3n) is 2.41. The summed E-state index contributed by atoms with van der Waals surface area (Å²) in [5.41, 5.74) is 3.45. The van der Waals surface area contributed by atoms with E-state index >= 15 is 0 Å². The maximum atomic E-state index is 3.99. The zero-order chi connectivity index (χ0) is 11.8. The summed E-state index contributed by atoms with van der Waals surface area (Å²) in [5.74, 6) is 0. The van der Waals surface area contributed by atoms with Gasteiger partial charge in [-0.15, -0.1) is 0 Å². The summed E-state index contributed by atoms with van der Waals surface area (Å²) in [6.45, 7) is 13.8. The molecule has 0 saturated heterocycles. The van der Waals surface area contributed by atoms with E-state index in [0.29, 0.717) is 0 Å². The summed E-state index contributed by atoms with van der Waals surface area (Å²) in [4.78, 5) is 0. The molecule has 0 aromatic rings. The van der Waals surface area contributed by atoms with Gasteiger partial charge in [0.05, 0.1) is 5.70 Å². The van der Waals surface area contributed by atoms with Gasteiger partial charge in [0, 0.05) is 13.8 Å². The molecule has 0 saturated carbocycles. The monoisotopic (exact) mass is 206 g/mol. The van der Waals surface area contributed by atoms with Gasteiger partial charge in [0.1, 0.15) is 0 Å². The Hall–Kier alpha value is -1.31. The number of hydrogen-bond donors (Lipinski definition) is 0. The quantitative estimate of drug-likeness (QED) is 0.367. The van der Waals surface area contributed by atoms with Gasteiger partial charge in [0.2, 0.25) is 0 Å². The topological polar surface area (TPSA) is 15.6 Å². The number of nitrogens with zero attached hydrogens (tertiary/aromatic N) is 2. The molecule has 0 heterocycles. The maximum Gasteiger partial charge on any atom is 0.0621 e. The Morgan fingerprint density at radius 2 is 1.93 bits per heavy atom. The molecule has 0 aromatic heterocycles. The van der Waals surface area contributed by atoms with Gasteiger partial charge in [0.15, 0.2) is 0 Å².